The summed E-state index contributed by atoms with van der Waals surface area (Å²) in [6, 6.07) is 7.72. The SMILES string of the molecule is C=CC(=O)N1CCCC(Nc2nncc(Nc3ccc(-c4ncco4)cc3)n2)C1. The van der Waals surface area contributed by atoms with Gasteiger partial charge < -0.3 is 20.0 Å². The van der Waals surface area contributed by atoms with Gasteiger partial charge in [0.1, 0.15) is 6.26 Å². The highest BCUT2D eigenvalue weighted by molar-refractivity contribution is 5.87. The normalized spacial score (nSPS) is 16.3. The summed E-state index contributed by atoms with van der Waals surface area (Å²) in [6.45, 7) is 4.89. The highest BCUT2D eigenvalue weighted by Gasteiger charge is 2.22. The van der Waals surface area contributed by atoms with Crippen molar-refractivity contribution in [3.63, 3.8) is 0 Å². The van der Waals surface area contributed by atoms with E-state index in [9.17, 15) is 4.79 Å². The van der Waals surface area contributed by atoms with Crippen molar-refractivity contribution in [2.75, 3.05) is 23.7 Å². The number of piperidine rings is 1. The molecule has 0 radical (unpaired) electrons. The monoisotopic (exact) mass is 391 g/mol. The molecule has 9 nitrogen and oxygen atoms in total. The number of anilines is 3. The van der Waals surface area contributed by atoms with E-state index < -0.39 is 0 Å². The molecular formula is C20H21N7O2. The van der Waals surface area contributed by atoms with Gasteiger partial charge in [-0.05, 0) is 43.2 Å². The molecule has 2 N–H and O–H groups in total. The molecule has 1 unspecified atom stereocenters. The van der Waals surface area contributed by atoms with Crippen molar-refractivity contribution in [1.82, 2.24) is 25.1 Å². The summed E-state index contributed by atoms with van der Waals surface area (Å²) in [5, 5.41) is 14.5. The smallest absolute Gasteiger partial charge is 0.246 e. The van der Waals surface area contributed by atoms with Gasteiger partial charge in [-0.25, -0.2) is 4.98 Å². The molecular weight excluding hydrogens is 370 g/mol. The predicted molar refractivity (Wildman–Crippen MR) is 108 cm³/mol. The minimum Gasteiger partial charge on any atom is -0.445 e. The first-order valence-electron chi connectivity index (χ1n) is 9.36. The van der Waals surface area contributed by atoms with Crippen molar-refractivity contribution in [2.24, 2.45) is 0 Å². The lowest BCUT2D eigenvalue weighted by molar-refractivity contribution is -0.127. The van der Waals surface area contributed by atoms with Crippen molar-refractivity contribution < 1.29 is 9.21 Å². The van der Waals surface area contributed by atoms with Gasteiger partial charge in [0, 0.05) is 30.4 Å². The highest BCUT2D eigenvalue weighted by atomic mass is 16.3. The van der Waals surface area contributed by atoms with Crippen molar-refractivity contribution >= 4 is 23.4 Å². The first kappa shape index (κ1) is 18.6. The summed E-state index contributed by atoms with van der Waals surface area (Å²) in [5.41, 5.74) is 1.74. The molecule has 1 amide bonds. The number of hydrogen-bond donors (Lipinski definition) is 2. The van der Waals surface area contributed by atoms with E-state index in [1.165, 1.54) is 6.08 Å². The number of benzene rings is 1. The Bertz CT molecular complexity index is 973. The third-order valence-corrected chi connectivity index (χ3v) is 4.64. The van der Waals surface area contributed by atoms with Gasteiger partial charge in [0.2, 0.25) is 17.7 Å². The Morgan fingerprint density at radius 1 is 1.31 bits per heavy atom. The van der Waals surface area contributed by atoms with Gasteiger partial charge >= 0.3 is 0 Å². The van der Waals surface area contributed by atoms with Gasteiger partial charge in [0.05, 0.1) is 12.4 Å². The van der Waals surface area contributed by atoms with Crippen LogP contribution in [-0.4, -0.2) is 50.1 Å². The van der Waals surface area contributed by atoms with E-state index in [-0.39, 0.29) is 11.9 Å². The summed E-state index contributed by atoms with van der Waals surface area (Å²) in [7, 11) is 0. The molecule has 0 saturated carbocycles. The number of likely N-dealkylation sites (tertiary alicyclic amines) is 1. The fourth-order valence-electron chi connectivity index (χ4n) is 3.24. The fraction of sp³-hybridized carbons (Fsp3) is 0.250. The Balaban J connectivity index is 1.40. The number of nitrogens with zero attached hydrogens (tertiary/aromatic N) is 5. The van der Waals surface area contributed by atoms with E-state index in [2.05, 4.69) is 37.4 Å². The lowest BCUT2D eigenvalue weighted by atomic mass is 10.1. The zero-order valence-electron chi connectivity index (χ0n) is 15.8. The van der Waals surface area contributed by atoms with Crippen LogP contribution in [0.25, 0.3) is 11.5 Å². The quantitative estimate of drug-likeness (QED) is 0.618. The molecule has 3 aromatic rings. The molecule has 4 rings (SSSR count). The molecule has 0 spiro atoms. The van der Waals surface area contributed by atoms with Crippen LogP contribution in [0.4, 0.5) is 17.5 Å². The number of rotatable bonds is 6. The summed E-state index contributed by atoms with van der Waals surface area (Å²) >= 11 is 0. The second-order valence-corrected chi connectivity index (χ2v) is 6.68. The minimum atomic E-state index is -0.0563. The van der Waals surface area contributed by atoms with E-state index in [1.54, 1.807) is 23.6 Å². The van der Waals surface area contributed by atoms with Crippen LogP contribution in [0, 0.1) is 0 Å². The lowest BCUT2D eigenvalue weighted by Gasteiger charge is -2.32. The van der Waals surface area contributed by atoms with Crippen LogP contribution < -0.4 is 10.6 Å². The molecule has 1 saturated heterocycles. The minimum absolute atomic E-state index is 0.0563. The molecule has 2 aromatic heterocycles. The largest absolute Gasteiger partial charge is 0.445 e. The molecule has 29 heavy (non-hydrogen) atoms. The molecule has 3 heterocycles. The second-order valence-electron chi connectivity index (χ2n) is 6.68. The molecule has 9 heteroatoms. The van der Waals surface area contributed by atoms with Crippen molar-refractivity contribution in [2.45, 2.75) is 18.9 Å². The summed E-state index contributed by atoms with van der Waals surface area (Å²) in [5.74, 6) is 1.51. The van der Waals surface area contributed by atoms with Gasteiger partial charge in [0.25, 0.3) is 0 Å². The van der Waals surface area contributed by atoms with Crippen LogP contribution in [0.1, 0.15) is 12.8 Å². The summed E-state index contributed by atoms with van der Waals surface area (Å²) < 4.78 is 5.29. The third-order valence-electron chi connectivity index (χ3n) is 4.64. The Kier molecular flexibility index (Phi) is 5.46. The Morgan fingerprint density at radius 3 is 2.93 bits per heavy atom. The van der Waals surface area contributed by atoms with Gasteiger partial charge in [0.15, 0.2) is 5.82 Å². The van der Waals surface area contributed by atoms with E-state index in [0.717, 1.165) is 30.6 Å². The van der Waals surface area contributed by atoms with Crippen LogP contribution in [-0.2, 0) is 4.79 Å². The van der Waals surface area contributed by atoms with Crippen molar-refractivity contribution in [3.05, 3.63) is 55.6 Å². The maximum atomic E-state index is 11.8. The zero-order chi connectivity index (χ0) is 20.1. The Morgan fingerprint density at radius 2 is 2.17 bits per heavy atom. The van der Waals surface area contributed by atoms with Gasteiger partial charge in [-0.1, -0.05) is 6.58 Å². The average molecular weight is 391 g/mol. The maximum Gasteiger partial charge on any atom is 0.246 e. The van der Waals surface area contributed by atoms with Crippen LogP contribution in [0.3, 0.4) is 0 Å². The molecule has 0 aliphatic carbocycles. The van der Waals surface area contributed by atoms with Crippen LogP contribution in [0.15, 0.2) is 60.0 Å². The van der Waals surface area contributed by atoms with Crippen LogP contribution in [0.5, 0.6) is 0 Å². The molecule has 1 aromatic carbocycles. The van der Waals surface area contributed by atoms with E-state index in [0.29, 0.717) is 24.2 Å². The van der Waals surface area contributed by atoms with Crippen LogP contribution >= 0.6 is 0 Å². The number of oxazole rings is 1. The van der Waals surface area contributed by atoms with Crippen LogP contribution in [0.2, 0.25) is 0 Å². The molecule has 1 atom stereocenters. The average Bonchev–Trinajstić information content (AvgIpc) is 3.29. The first-order valence-corrected chi connectivity index (χ1v) is 9.36. The molecule has 0 bridgehead atoms. The van der Waals surface area contributed by atoms with Crippen molar-refractivity contribution in [1.29, 1.82) is 0 Å². The zero-order valence-corrected chi connectivity index (χ0v) is 15.8. The fourth-order valence-corrected chi connectivity index (χ4v) is 3.24. The lowest BCUT2D eigenvalue weighted by Crippen LogP contribution is -2.44. The first-order chi connectivity index (χ1) is 14.2. The topological polar surface area (TPSA) is 109 Å². The van der Waals surface area contributed by atoms with E-state index >= 15 is 0 Å². The predicted octanol–water partition coefficient (Wildman–Crippen LogP) is 2.86. The van der Waals surface area contributed by atoms with Gasteiger partial charge in [-0.3, -0.25) is 4.79 Å². The molecule has 1 aliphatic rings. The third kappa shape index (κ3) is 4.57. The van der Waals surface area contributed by atoms with Gasteiger partial charge in [-0.15, -0.1) is 5.10 Å². The van der Waals surface area contributed by atoms with Crippen molar-refractivity contribution in [3.8, 4) is 11.5 Å². The number of nitrogens with one attached hydrogen (secondary N) is 2. The standard InChI is InChI=1S/C20H21N7O2/c1-2-18(28)27-10-3-4-16(13-27)24-20-25-17(12-22-26-20)23-15-7-5-14(6-8-15)19-21-9-11-29-19/h2,5-9,11-12,16H,1,3-4,10,13H2,(H2,23,24,25,26). The molecule has 1 aliphatic heterocycles. The number of carbonyl (C=O) groups is 1. The van der Waals surface area contributed by atoms with E-state index in [1.807, 2.05) is 24.3 Å². The molecule has 1 fully saturated rings. The highest BCUT2D eigenvalue weighted by Crippen LogP contribution is 2.22. The molecule has 148 valence electrons. The number of amides is 1. The maximum absolute atomic E-state index is 11.8. The van der Waals surface area contributed by atoms with Gasteiger partial charge in [-0.2, -0.15) is 10.1 Å². The summed E-state index contributed by atoms with van der Waals surface area (Å²) in [6.07, 6.45) is 7.91. The van der Waals surface area contributed by atoms with E-state index in [4.69, 9.17) is 4.42 Å². The number of carbonyl (C=O) groups excluding carboxylic acids is 1. The Labute approximate surface area is 167 Å². The summed E-state index contributed by atoms with van der Waals surface area (Å²) in [4.78, 5) is 22.2. The number of aromatic nitrogens is 4. The Hall–Kier alpha value is -3.75. The second kappa shape index (κ2) is 8.51. The number of hydrogen-bond acceptors (Lipinski definition) is 8.